The van der Waals surface area contributed by atoms with Crippen LogP contribution in [-0.4, -0.2) is 42.5 Å². The number of methoxy groups -OCH3 is 2. The first-order chi connectivity index (χ1) is 15.5. The van der Waals surface area contributed by atoms with Crippen molar-refractivity contribution >= 4 is 29.0 Å². The number of fused-ring (bicyclic) bond motifs is 1. The van der Waals surface area contributed by atoms with Crippen molar-refractivity contribution in [2.75, 3.05) is 31.7 Å². The molecule has 4 rings (SSSR count). The molecule has 2 aromatic rings. The van der Waals surface area contributed by atoms with Crippen LogP contribution in [0.4, 0.5) is 11.4 Å². The van der Waals surface area contributed by atoms with E-state index in [-0.39, 0.29) is 18.0 Å². The summed E-state index contributed by atoms with van der Waals surface area (Å²) in [5.74, 6) is 1.30. The molecular weight excluding hydrogens is 432 g/mol. The zero-order valence-electron chi connectivity index (χ0n) is 17.5. The first-order valence-corrected chi connectivity index (χ1v) is 10.7. The maximum absolute atomic E-state index is 13.1. The Morgan fingerprint density at radius 2 is 1.94 bits per heavy atom. The number of carbonyl (C=O) groups is 1. The number of nitriles is 1. The highest BCUT2D eigenvalue weighted by Crippen LogP contribution is 2.44. The Bertz CT molecular complexity index is 1140. The van der Waals surface area contributed by atoms with Gasteiger partial charge in [0.25, 0.3) is 5.69 Å². The van der Waals surface area contributed by atoms with Crippen molar-refractivity contribution in [2.45, 2.75) is 12.3 Å². The molecular formula is C22H20N4O5S. The average molecular weight is 452 g/mol. The summed E-state index contributed by atoms with van der Waals surface area (Å²) in [4.78, 5) is 27.2. The number of allylic oxidation sites excluding steroid dienone is 1. The number of anilines is 1. The van der Waals surface area contributed by atoms with Crippen LogP contribution in [0.25, 0.3) is 0 Å². The minimum atomic E-state index is -0.472. The molecule has 0 saturated carbocycles. The van der Waals surface area contributed by atoms with Gasteiger partial charge in [-0.25, -0.2) is 0 Å². The molecule has 1 amide bonds. The number of carbonyl (C=O) groups excluding carboxylic acids is 1. The van der Waals surface area contributed by atoms with Crippen LogP contribution in [0.15, 0.2) is 53.1 Å². The van der Waals surface area contributed by atoms with Gasteiger partial charge in [0.1, 0.15) is 11.5 Å². The first-order valence-electron chi connectivity index (χ1n) is 9.75. The Morgan fingerprint density at radius 3 is 2.56 bits per heavy atom. The number of nitrogens with zero attached hydrogens (tertiary/aromatic N) is 4. The lowest BCUT2D eigenvalue weighted by molar-refractivity contribution is -0.384. The van der Waals surface area contributed by atoms with Crippen LogP contribution in [0.1, 0.15) is 17.9 Å². The molecule has 0 aliphatic carbocycles. The number of hydrogen-bond donors (Lipinski definition) is 0. The first kappa shape index (κ1) is 21.5. The molecule has 1 unspecified atom stereocenters. The van der Waals surface area contributed by atoms with E-state index in [9.17, 15) is 20.2 Å². The van der Waals surface area contributed by atoms with E-state index in [1.165, 1.54) is 23.9 Å². The predicted octanol–water partition coefficient (Wildman–Crippen LogP) is 3.83. The zero-order chi connectivity index (χ0) is 22.8. The molecule has 10 heteroatoms. The van der Waals surface area contributed by atoms with Gasteiger partial charge in [-0.3, -0.25) is 19.8 Å². The second-order valence-corrected chi connectivity index (χ2v) is 8.18. The van der Waals surface area contributed by atoms with Gasteiger partial charge >= 0.3 is 0 Å². The summed E-state index contributed by atoms with van der Waals surface area (Å²) in [6, 6.07) is 13.8. The van der Waals surface area contributed by atoms with E-state index in [1.807, 2.05) is 17.0 Å². The van der Waals surface area contributed by atoms with Crippen LogP contribution in [0.3, 0.4) is 0 Å². The van der Waals surface area contributed by atoms with Gasteiger partial charge in [0.2, 0.25) is 5.91 Å². The largest absolute Gasteiger partial charge is 0.497 e. The molecule has 2 aromatic carbocycles. The molecule has 9 nitrogen and oxygen atoms in total. The highest BCUT2D eigenvalue weighted by molar-refractivity contribution is 8.03. The van der Waals surface area contributed by atoms with Crippen molar-refractivity contribution in [3.8, 4) is 17.6 Å². The average Bonchev–Trinajstić information content (AvgIpc) is 2.83. The fourth-order valence-corrected chi connectivity index (χ4v) is 5.03. The van der Waals surface area contributed by atoms with Gasteiger partial charge in [0.15, 0.2) is 0 Å². The minimum Gasteiger partial charge on any atom is -0.497 e. The molecule has 0 N–H and O–H groups in total. The minimum absolute atomic E-state index is 0.0280. The maximum Gasteiger partial charge on any atom is 0.269 e. The van der Waals surface area contributed by atoms with Crippen molar-refractivity contribution in [2.24, 2.45) is 0 Å². The number of amides is 1. The van der Waals surface area contributed by atoms with Gasteiger partial charge in [0.05, 0.1) is 54.0 Å². The van der Waals surface area contributed by atoms with Crippen molar-refractivity contribution in [1.82, 2.24) is 4.90 Å². The normalized spacial score (nSPS) is 18.2. The molecule has 2 aliphatic heterocycles. The predicted molar refractivity (Wildman–Crippen MR) is 119 cm³/mol. The fourth-order valence-electron chi connectivity index (χ4n) is 3.87. The lowest BCUT2D eigenvalue weighted by atomic mass is 9.86. The zero-order valence-corrected chi connectivity index (χ0v) is 18.3. The monoisotopic (exact) mass is 452 g/mol. The van der Waals surface area contributed by atoms with E-state index in [2.05, 4.69) is 6.07 Å². The Balaban J connectivity index is 1.64. The highest BCUT2D eigenvalue weighted by atomic mass is 32.2. The molecule has 1 atom stereocenters. The molecule has 2 aliphatic rings. The van der Waals surface area contributed by atoms with Crippen LogP contribution in [0, 0.1) is 21.4 Å². The van der Waals surface area contributed by atoms with Crippen molar-refractivity contribution < 1.29 is 19.2 Å². The summed E-state index contributed by atoms with van der Waals surface area (Å²) in [5, 5.41) is 21.5. The molecule has 1 saturated heterocycles. The number of rotatable bonds is 5. The third-order valence-electron chi connectivity index (χ3n) is 5.53. The summed E-state index contributed by atoms with van der Waals surface area (Å²) in [6.45, 7) is 0.294. The van der Waals surface area contributed by atoms with Crippen LogP contribution in [0.5, 0.6) is 11.5 Å². The number of non-ortho nitro benzene ring substituents is 1. The Hall–Kier alpha value is -3.71. The number of hydrogen-bond acceptors (Lipinski definition) is 8. The summed E-state index contributed by atoms with van der Waals surface area (Å²) < 4.78 is 10.8. The number of nitro benzene ring substituents is 1. The summed E-state index contributed by atoms with van der Waals surface area (Å²) in [6.07, 6.45) is 0.123. The van der Waals surface area contributed by atoms with Gasteiger partial charge < -0.3 is 14.4 Å². The maximum atomic E-state index is 13.1. The van der Waals surface area contributed by atoms with Crippen molar-refractivity contribution in [3.63, 3.8) is 0 Å². The van der Waals surface area contributed by atoms with Gasteiger partial charge in [-0.2, -0.15) is 5.26 Å². The summed E-state index contributed by atoms with van der Waals surface area (Å²) >= 11 is 1.42. The lowest BCUT2D eigenvalue weighted by Crippen LogP contribution is -2.47. The SMILES string of the molecule is COc1ccc(N2CSC3=C(C#N)C(c4ccc([N+](=O)[O-])cc4)CC(=O)N3C2)c(OC)c1. The highest BCUT2D eigenvalue weighted by Gasteiger charge is 2.38. The second kappa shape index (κ2) is 8.80. The van der Waals surface area contributed by atoms with E-state index in [0.29, 0.717) is 40.2 Å². The molecule has 0 bridgehead atoms. The molecule has 2 heterocycles. The molecule has 0 radical (unpaired) electrons. The number of benzene rings is 2. The third kappa shape index (κ3) is 3.83. The van der Waals surface area contributed by atoms with Gasteiger partial charge in [-0.05, 0) is 17.7 Å². The van der Waals surface area contributed by atoms with E-state index in [1.54, 1.807) is 37.3 Å². The summed E-state index contributed by atoms with van der Waals surface area (Å²) in [7, 11) is 3.16. The standard InChI is InChI=1S/C22H20N4O5S/c1-30-16-7-8-19(20(9-16)31-2)24-12-25-21(27)10-17(18(11-23)22(25)32-13-24)14-3-5-15(6-4-14)26(28)29/h3-9,17H,10,12-13H2,1-2H3. The van der Waals surface area contributed by atoms with Crippen LogP contribution in [-0.2, 0) is 4.79 Å². The quantitative estimate of drug-likeness (QED) is 0.497. The van der Waals surface area contributed by atoms with E-state index >= 15 is 0 Å². The van der Waals surface area contributed by atoms with E-state index in [4.69, 9.17) is 9.47 Å². The smallest absolute Gasteiger partial charge is 0.269 e. The number of ether oxygens (including phenoxy) is 2. The van der Waals surface area contributed by atoms with Gasteiger partial charge in [0, 0.05) is 30.5 Å². The Morgan fingerprint density at radius 1 is 1.19 bits per heavy atom. The van der Waals surface area contributed by atoms with E-state index < -0.39 is 10.8 Å². The molecule has 1 fully saturated rings. The Labute approximate surface area is 189 Å². The van der Waals surface area contributed by atoms with Gasteiger partial charge in [-0.15, -0.1) is 0 Å². The number of thioether (sulfide) groups is 1. The van der Waals surface area contributed by atoms with Crippen LogP contribution in [0.2, 0.25) is 0 Å². The lowest BCUT2D eigenvalue weighted by Gasteiger charge is -2.42. The molecule has 0 aromatic heterocycles. The van der Waals surface area contributed by atoms with E-state index in [0.717, 1.165) is 5.69 Å². The van der Waals surface area contributed by atoms with Crippen molar-refractivity contribution in [1.29, 1.82) is 5.26 Å². The third-order valence-corrected chi connectivity index (χ3v) is 6.68. The molecule has 164 valence electrons. The molecule has 32 heavy (non-hydrogen) atoms. The van der Waals surface area contributed by atoms with Crippen molar-refractivity contribution in [3.05, 3.63) is 68.7 Å². The van der Waals surface area contributed by atoms with Gasteiger partial charge in [-0.1, -0.05) is 23.9 Å². The fraction of sp³-hybridized carbons (Fsp3) is 0.273. The topological polar surface area (TPSA) is 109 Å². The van der Waals surface area contributed by atoms with Crippen LogP contribution < -0.4 is 14.4 Å². The summed E-state index contributed by atoms with van der Waals surface area (Å²) in [5.41, 5.74) is 2.01. The van der Waals surface area contributed by atoms with Crippen LogP contribution >= 0.6 is 11.8 Å². The molecule has 0 spiro atoms. The Kier molecular flexibility index (Phi) is 5.92. The number of nitro groups is 1. The second-order valence-electron chi connectivity index (χ2n) is 7.25.